The summed E-state index contributed by atoms with van der Waals surface area (Å²) < 4.78 is 271. The van der Waals surface area contributed by atoms with Gasteiger partial charge in [0.1, 0.15) is 70.8 Å². The highest BCUT2D eigenvalue weighted by molar-refractivity contribution is 6.46. The van der Waals surface area contributed by atoms with Gasteiger partial charge >= 0.3 is 0 Å². The molecule has 0 atom stereocenters. The molecule has 3 aliphatic heterocycles. The van der Waals surface area contributed by atoms with E-state index < -0.39 is 192 Å². The SMILES string of the molecule is [2H]C([2H])([2H])c1ncn(-c2ncc(OC)c3c(C(=O)C(=O)N4C([2H])([2H])C([2H])([2H])N(C(=O)c5ccccn5)C([2H])([2H])C4([2H])[2H])c[nH]c23)n1.[2H]c1nc(C(=O)N2C([2H])([2H])C([2H])([2H])N(C(=O)C(=O)c3c[nH]c4c(-n5cnc(C([2H])([2H])[2H])n5)ncc(OC)c34)C([2H])([2H])C2([2H])[2H])c([2H])c([2H])c1C.[2H]c1nc(C(=O)N2CCN(C(=O)C(=O)c3c[nH]c4c(-n5cnc(C([2H])([2H])[2H])n5)ncc(OC)c34)CC2)c([2H])c([2H])c1C. The smallest absolute Gasteiger partial charge is 0.295 e. The number of aromatic amines is 3. The number of H-pyrrole nitrogens is 3. The zero-order valence-electron chi connectivity index (χ0n) is 86.6. The predicted molar refractivity (Wildman–Crippen MR) is 380 cm³/mol. The number of hydrogen-bond donors (Lipinski definition) is 3. The van der Waals surface area contributed by atoms with Gasteiger partial charge in [-0.1, -0.05) is 18.2 Å². The molecule has 12 aromatic rings. The molecule has 3 saturated heterocycles. The molecular formula is C71H70N24O12. The first-order chi connectivity index (χ1) is 63.9. The van der Waals surface area contributed by atoms with Crippen LogP contribution in [0.15, 0.2) is 117 Å². The van der Waals surface area contributed by atoms with Crippen LogP contribution in [0.25, 0.3) is 50.2 Å². The van der Waals surface area contributed by atoms with Crippen molar-refractivity contribution in [3.63, 3.8) is 0 Å². The quantitative estimate of drug-likeness (QED) is 0.0973. The number of piperazine rings is 3. The summed E-state index contributed by atoms with van der Waals surface area (Å²) in [7, 11) is 3.73. The lowest BCUT2D eigenvalue weighted by Gasteiger charge is -2.34. The second kappa shape index (κ2) is 30.6. The van der Waals surface area contributed by atoms with Crippen LogP contribution in [-0.2, 0) is 14.4 Å². The van der Waals surface area contributed by atoms with E-state index in [1.165, 1.54) is 68.7 Å². The summed E-state index contributed by atoms with van der Waals surface area (Å²) in [6, 6.07) is 1.51. The summed E-state index contributed by atoms with van der Waals surface area (Å²) >= 11 is 0. The summed E-state index contributed by atoms with van der Waals surface area (Å²) in [5.74, 6) is -14.8. The number of carbonyl (C=O) groups excluding carboxylic acids is 9. The standard InChI is InChI=1S/2C24H24N8O4.C23H22N8O4/c2*1-14-4-5-17(25-10-14)23(34)30-6-8-31(9-7-30)24(35)21(33)16-11-26-20-19(16)18(36-3)12-27-22(20)32-13-28-15(2)29-32;1-14-27-13-31(28-14)21-19-18(17(35-2)12-26-21)15(11-25-19)20(32)23(34)30-9-7-29(8-10-30)22(33)16-5-3-4-6-24-16/h2*4-5,10-13,26H,6-9H2,1-3H3;3-6,11-13,25H,7-10H2,1-2H3/i2D3,4D,5D,6D2,7D2,8D2,9D2,10D;2D3,4D,5D,10D;1D3,7D2,8D2,9D2,10D2. The Kier molecular flexibility index (Phi) is 12.2. The highest BCUT2D eigenvalue weighted by Gasteiger charge is 2.36. The molecule has 3 aliphatic rings. The Morgan fingerprint density at radius 3 is 1.11 bits per heavy atom. The summed E-state index contributed by atoms with van der Waals surface area (Å²) in [5, 5.41) is 11.6. The van der Waals surface area contributed by atoms with Gasteiger partial charge in [-0.2, -0.15) is 15.3 Å². The number of amides is 6. The number of pyridine rings is 6. The van der Waals surface area contributed by atoms with Crippen molar-refractivity contribution in [3.8, 4) is 34.7 Å². The van der Waals surface area contributed by atoms with Gasteiger partial charge in [0.05, 0.1) is 119 Å². The monoisotopic (exact) mass is 1480 g/mol. The molecule has 12 aromatic heterocycles. The van der Waals surface area contributed by atoms with Gasteiger partial charge in [0.25, 0.3) is 52.8 Å². The van der Waals surface area contributed by atoms with Crippen LogP contribution in [0.2, 0.25) is 0 Å². The number of fused-ring (bicyclic) bond motifs is 3. The lowest BCUT2D eigenvalue weighted by molar-refractivity contribution is -0.128. The maximum absolute atomic E-state index is 13.8. The molecule has 0 spiro atoms. The first-order valence-corrected chi connectivity index (χ1v) is 30.7. The number of methoxy groups -OCH3 is 3. The minimum atomic E-state index is -4.01. The van der Waals surface area contributed by atoms with E-state index >= 15 is 0 Å². The number of nitrogens with one attached hydrogen (secondary N) is 3. The minimum Gasteiger partial charge on any atom is -0.494 e. The van der Waals surface area contributed by atoms with Crippen LogP contribution in [0.5, 0.6) is 17.2 Å². The number of aryl methyl sites for hydroxylation is 3. The molecule has 0 radical (unpaired) electrons. The summed E-state index contributed by atoms with van der Waals surface area (Å²) in [6.45, 7) is -36.2. The topological polar surface area (TPSA) is 418 Å². The van der Waals surface area contributed by atoms with Crippen molar-refractivity contribution in [1.82, 2.24) is 119 Å². The molecule has 15 rings (SSSR count). The predicted octanol–water partition coefficient (Wildman–Crippen LogP) is 3.69. The van der Waals surface area contributed by atoms with Crippen molar-refractivity contribution < 1.29 is 99.9 Å². The molecule has 3 fully saturated rings. The molecule has 15 heterocycles. The van der Waals surface area contributed by atoms with Gasteiger partial charge in [-0.3, -0.25) is 58.1 Å². The number of ketones is 3. The average Bonchev–Trinajstić information content (AvgIpc) is 0.859. The van der Waals surface area contributed by atoms with E-state index in [4.69, 9.17) is 56.7 Å². The lowest BCUT2D eigenvalue weighted by atomic mass is 10.1. The van der Waals surface area contributed by atoms with Crippen LogP contribution >= 0.6 is 0 Å². The number of carbonyl (C=O) groups is 9. The van der Waals surface area contributed by atoms with Gasteiger partial charge in [0, 0.05) is 128 Å². The first kappa shape index (κ1) is 42.7. The normalized spacial score (nSPS) is 22.1. The van der Waals surface area contributed by atoms with Crippen LogP contribution in [-0.4, -0.2) is 271 Å². The van der Waals surface area contributed by atoms with E-state index in [0.717, 1.165) is 70.9 Å². The molecule has 107 heavy (non-hydrogen) atoms. The highest BCUT2D eigenvalue weighted by Crippen LogP contribution is 2.35. The molecule has 0 saturated carbocycles. The van der Waals surface area contributed by atoms with Crippen LogP contribution in [0.1, 0.15) is 134 Å². The van der Waals surface area contributed by atoms with Gasteiger partial charge in [0.2, 0.25) is 0 Å². The van der Waals surface area contributed by atoms with Crippen LogP contribution < -0.4 is 14.2 Å². The molecule has 0 aromatic carbocycles. The van der Waals surface area contributed by atoms with Crippen LogP contribution in [0, 0.1) is 34.4 Å². The fourth-order valence-electron chi connectivity index (χ4n) is 10.4. The molecule has 0 aliphatic carbocycles. The number of rotatable bonds is 15. The van der Waals surface area contributed by atoms with E-state index in [-0.39, 0.29) is 145 Å². The zero-order valence-corrected chi connectivity index (χ0v) is 55.6. The number of nitrogens with zero attached hydrogens (tertiary/aromatic N) is 21. The van der Waals surface area contributed by atoms with Gasteiger partial charge < -0.3 is 58.6 Å². The second-order valence-electron chi connectivity index (χ2n) is 22.0. The Hall–Kier alpha value is -13.8. The van der Waals surface area contributed by atoms with Crippen LogP contribution in [0.4, 0.5) is 0 Å². The number of ether oxygens (including phenoxy) is 3. The Balaban J connectivity index is 0.000000175. The number of aromatic nitrogens is 18. The average molecular weight is 1480 g/mol. The van der Waals surface area contributed by atoms with E-state index in [0.29, 0.717) is 0 Å². The van der Waals surface area contributed by atoms with E-state index in [2.05, 4.69) is 75.1 Å². The Labute approximate surface area is 651 Å². The van der Waals surface area contributed by atoms with Crippen molar-refractivity contribution in [2.24, 2.45) is 0 Å². The fraction of sp³-hybridized carbons (Fsp3) is 0.282. The van der Waals surface area contributed by atoms with Gasteiger partial charge in [-0.05, 0) is 69.7 Å². The zero-order chi connectivity index (χ0) is 102. The Morgan fingerprint density at radius 2 is 0.766 bits per heavy atom. The summed E-state index contributed by atoms with van der Waals surface area (Å²) in [4.78, 5) is 166. The van der Waals surface area contributed by atoms with Gasteiger partial charge in [0.15, 0.2) is 17.5 Å². The molecule has 6 amide bonds. The van der Waals surface area contributed by atoms with E-state index in [1.54, 1.807) is 0 Å². The van der Waals surface area contributed by atoms with E-state index in [9.17, 15) is 43.2 Å². The van der Waals surface area contributed by atoms with Gasteiger partial charge in [-0.15, -0.1) is 0 Å². The Morgan fingerprint density at radius 1 is 0.421 bits per heavy atom. The second-order valence-corrected chi connectivity index (χ2v) is 22.0. The molecule has 546 valence electrons. The first-order valence-electron chi connectivity index (χ1n) is 46.2. The van der Waals surface area contributed by atoms with Crippen LogP contribution in [0.3, 0.4) is 0 Å². The largest absolute Gasteiger partial charge is 0.494 e. The number of Topliss-reactive ketones (excluding diaryl/α,β-unsaturated/α-hetero) is 3. The summed E-state index contributed by atoms with van der Waals surface area (Å²) in [5.41, 5.74) is -2.98. The Bertz CT molecular complexity index is 6950. The fourth-order valence-corrected chi connectivity index (χ4v) is 10.4. The third-order valence-corrected chi connectivity index (χ3v) is 15.5. The summed E-state index contributed by atoms with van der Waals surface area (Å²) in [6.07, 6.45) is 10.1. The van der Waals surface area contributed by atoms with E-state index in [1.807, 2.05) is 0 Å². The third kappa shape index (κ3) is 14.5. The van der Waals surface area contributed by atoms with Gasteiger partial charge in [-0.25, -0.2) is 43.9 Å². The molecule has 36 heteroatoms. The van der Waals surface area contributed by atoms with Crippen molar-refractivity contribution in [3.05, 3.63) is 179 Å². The molecule has 3 N–H and O–H groups in total. The molecule has 0 bridgehead atoms. The molecule has 36 nitrogen and oxygen atoms in total. The van der Waals surface area contributed by atoms with Crippen molar-refractivity contribution in [1.29, 1.82) is 0 Å². The van der Waals surface area contributed by atoms with Crippen molar-refractivity contribution in [2.75, 3.05) is 99.5 Å². The highest BCUT2D eigenvalue weighted by atomic mass is 16.5. The molecular weight excluding hydrogens is 1380 g/mol. The molecule has 0 unspecified atom stereocenters. The third-order valence-electron chi connectivity index (χ3n) is 15.5. The van der Waals surface area contributed by atoms with Crippen molar-refractivity contribution >= 4 is 85.5 Å². The maximum Gasteiger partial charge on any atom is 0.295 e. The maximum atomic E-state index is 13.8. The number of hydrogen-bond acceptors (Lipinski definition) is 24. The lowest BCUT2D eigenvalue weighted by Crippen LogP contribution is -2.52. The minimum absolute atomic E-state index is 0.00109. The van der Waals surface area contributed by atoms with Crippen molar-refractivity contribution in [2.45, 2.75) is 34.4 Å².